The van der Waals surface area contributed by atoms with Crippen LogP contribution in [-0.4, -0.2) is 65.0 Å². The Balaban J connectivity index is 1.39. The van der Waals surface area contributed by atoms with Gasteiger partial charge in [-0.1, -0.05) is 0 Å². The highest BCUT2D eigenvalue weighted by atomic mass is 16.7. The molecule has 2 aliphatic rings. The molecule has 0 radical (unpaired) electrons. The molecule has 0 bridgehead atoms. The minimum atomic E-state index is -0.370. The zero-order valence-electron chi connectivity index (χ0n) is 11.7. The molecule has 112 valence electrons. The molecule has 1 unspecified atom stereocenters. The molecule has 6 nitrogen and oxygen atoms in total. The number of hydrogen-bond donors (Lipinski definition) is 1. The van der Waals surface area contributed by atoms with E-state index in [-0.39, 0.29) is 12.4 Å². The van der Waals surface area contributed by atoms with Crippen molar-refractivity contribution in [3.8, 4) is 0 Å². The fraction of sp³-hybridized carbons (Fsp3) is 0.786. The molecule has 2 fully saturated rings. The zero-order chi connectivity index (χ0) is 13.8. The smallest absolute Gasteiger partial charge is 0.160 e. The molecule has 2 saturated heterocycles. The van der Waals surface area contributed by atoms with E-state index in [1.165, 1.54) is 0 Å². The van der Waals surface area contributed by atoms with Crippen molar-refractivity contribution < 1.29 is 14.6 Å². The normalized spacial score (nSPS) is 24.2. The lowest BCUT2D eigenvalue weighted by Gasteiger charge is -2.34. The lowest BCUT2D eigenvalue weighted by molar-refractivity contribution is -0.0987. The summed E-state index contributed by atoms with van der Waals surface area (Å²) in [6.45, 7) is 4.73. The minimum absolute atomic E-state index is 0.00569. The number of aliphatic hydroxyl groups excluding tert-OH is 1. The van der Waals surface area contributed by atoms with E-state index in [2.05, 4.69) is 10.00 Å². The molecule has 1 N–H and O–H groups in total. The van der Waals surface area contributed by atoms with Crippen molar-refractivity contribution in [2.45, 2.75) is 31.8 Å². The summed E-state index contributed by atoms with van der Waals surface area (Å²) in [5, 5.41) is 14.2. The first-order chi connectivity index (χ1) is 9.81. The van der Waals surface area contributed by atoms with E-state index in [1.54, 1.807) is 10.9 Å². The number of likely N-dealkylation sites (tertiary alicyclic amines) is 1. The van der Waals surface area contributed by atoms with Gasteiger partial charge in [-0.15, -0.1) is 0 Å². The van der Waals surface area contributed by atoms with Gasteiger partial charge in [0.1, 0.15) is 0 Å². The van der Waals surface area contributed by atoms with Gasteiger partial charge in [0.2, 0.25) is 0 Å². The highest BCUT2D eigenvalue weighted by molar-refractivity contribution is 4.80. The van der Waals surface area contributed by atoms with E-state index in [0.29, 0.717) is 19.0 Å². The van der Waals surface area contributed by atoms with Gasteiger partial charge in [0.05, 0.1) is 25.9 Å². The van der Waals surface area contributed by atoms with Gasteiger partial charge < -0.3 is 19.5 Å². The van der Waals surface area contributed by atoms with Gasteiger partial charge in [-0.2, -0.15) is 5.10 Å². The first kappa shape index (κ1) is 14.0. The maximum atomic E-state index is 10.1. The van der Waals surface area contributed by atoms with Crippen molar-refractivity contribution in [2.24, 2.45) is 5.92 Å². The largest absolute Gasteiger partial charge is 0.390 e. The quantitative estimate of drug-likeness (QED) is 0.843. The van der Waals surface area contributed by atoms with E-state index in [4.69, 9.17) is 9.47 Å². The predicted molar refractivity (Wildman–Crippen MR) is 73.1 cm³/mol. The molecule has 0 aliphatic carbocycles. The second-order valence-corrected chi connectivity index (χ2v) is 5.63. The van der Waals surface area contributed by atoms with Gasteiger partial charge in [-0.3, -0.25) is 4.68 Å². The number of aromatic nitrogens is 2. The van der Waals surface area contributed by atoms with Crippen LogP contribution in [0.15, 0.2) is 18.5 Å². The maximum Gasteiger partial charge on any atom is 0.160 e. The van der Waals surface area contributed by atoms with Crippen LogP contribution in [0, 0.1) is 5.92 Å². The highest BCUT2D eigenvalue weighted by Gasteiger charge is 2.30. The van der Waals surface area contributed by atoms with E-state index in [0.717, 1.165) is 39.1 Å². The third-order valence-electron chi connectivity index (χ3n) is 4.09. The fourth-order valence-corrected chi connectivity index (χ4v) is 3.04. The molecule has 1 aromatic heterocycles. The summed E-state index contributed by atoms with van der Waals surface area (Å²) < 4.78 is 12.9. The summed E-state index contributed by atoms with van der Waals surface area (Å²) in [6, 6.07) is 1.87. The molecule has 2 aliphatic heterocycles. The van der Waals surface area contributed by atoms with E-state index < -0.39 is 0 Å². The van der Waals surface area contributed by atoms with Gasteiger partial charge in [0.25, 0.3) is 0 Å². The Morgan fingerprint density at radius 2 is 1.95 bits per heavy atom. The van der Waals surface area contributed by atoms with Gasteiger partial charge in [0, 0.05) is 24.9 Å². The lowest BCUT2D eigenvalue weighted by atomic mass is 9.96. The molecule has 0 saturated carbocycles. The van der Waals surface area contributed by atoms with Crippen molar-refractivity contribution >= 4 is 0 Å². The number of rotatable bonds is 5. The number of hydrogen-bond acceptors (Lipinski definition) is 5. The predicted octanol–water partition coefficient (Wildman–Crippen LogP) is 0.329. The molecule has 20 heavy (non-hydrogen) atoms. The number of nitrogens with zero attached hydrogens (tertiary/aromatic N) is 3. The molecule has 1 aromatic rings. The summed E-state index contributed by atoms with van der Waals surface area (Å²) in [5.41, 5.74) is 0. The monoisotopic (exact) mass is 281 g/mol. The maximum absolute atomic E-state index is 10.1. The van der Waals surface area contributed by atoms with Crippen LogP contribution in [0.1, 0.15) is 12.8 Å². The Bertz CT molecular complexity index is 384. The zero-order valence-corrected chi connectivity index (χ0v) is 11.7. The van der Waals surface area contributed by atoms with Gasteiger partial charge in [0.15, 0.2) is 6.29 Å². The first-order valence-electron chi connectivity index (χ1n) is 7.42. The Morgan fingerprint density at radius 3 is 2.60 bits per heavy atom. The number of β-amino-alcohol motifs (C(OH)–C–C–N with tert-alkyl or cyclic N) is 1. The molecular formula is C14H23N3O3. The fourth-order valence-electron chi connectivity index (χ4n) is 3.04. The second kappa shape index (κ2) is 6.67. The van der Waals surface area contributed by atoms with Crippen molar-refractivity contribution in [3.63, 3.8) is 0 Å². The van der Waals surface area contributed by atoms with E-state index >= 15 is 0 Å². The van der Waals surface area contributed by atoms with E-state index in [9.17, 15) is 5.11 Å². The van der Waals surface area contributed by atoms with Gasteiger partial charge in [-0.25, -0.2) is 0 Å². The topological polar surface area (TPSA) is 59.8 Å². The summed E-state index contributed by atoms with van der Waals surface area (Å²) in [4.78, 5) is 2.32. The Labute approximate surface area is 119 Å². The summed E-state index contributed by atoms with van der Waals surface area (Å²) >= 11 is 0. The van der Waals surface area contributed by atoms with Crippen LogP contribution in [0.4, 0.5) is 0 Å². The molecular weight excluding hydrogens is 258 g/mol. The number of aliphatic hydroxyl groups is 1. The second-order valence-electron chi connectivity index (χ2n) is 5.63. The third kappa shape index (κ3) is 3.58. The van der Waals surface area contributed by atoms with Crippen LogP contribution < -0.4 is 0 Å². The molecule has 6 heteroatoms. The average Bonchev–Trinajstić information content (AvgIpc) is 3.12. The molecule has 0 amide bonds. The highest BCUT2D eigenvalue weighted by Crippen LogP contribution is 2.25. The Hall–Kier alpha value is -0.950. The van der Waals surface area contributed by atoms with Crippen LogP contribution in [0.3, 0.4) is 0 Å². The van der Waals surface area contributed by atoms with Crippen molar-refractivity contribution in [1.82, 2.24) is 14.7 Å². The SMILES string of the molecule is OC(CN1CCC(C2OCCO2)CC1)Cn1cccn1. The van der Waals surface area contributed by atoms with Gasteiger partial charge in [-0.05, 0) is 32.0 Å². The number of piperidine rings is 1. The lowest BCUT2D eigenvalue weighted by Crippen LogP contribution is -2.42. The molecule has 0 aromatic carbocycles. The van der Waals surface area contributed by atoms with Crippen LogP contribution >= 0.6 is 0 Å². The molecule has 3 heterocycles. The minimum Gasteiger partial charge on any atom is -0.390 e. The van der Waals surface area contributed by atoms with Crippen molar-refractivity contribution in [3.05, 3.63) is 18.5 Å². The van der Waals surface area contributed by atoms with Crippen LogP contribution in [0.2, 0.25) is 0 Å². The average molecular weight is 281 g/mol. The van der Waals surface area contributed by atoms with E-state index in [1.807, 2.05) is 12.3 Å². The number of ether oxygens (including phenoxy) is 2. The van der Waals surface area contributed by atoms with Crippen molar-refractivity contribution in [1.29, 1.82) is 0 Å². The summed E-state index contributed by atoms with van der Waals surface area (Å²) in [5.74, 6) is 0.511. The van der Waals surface area contributed by atoms with Crippen LogP contribution in [0.5, 0.6) is 0 Å². The van der Waals surface area contributed by atoms with Crippen LogP contribution in [0.25, 0.3) is 0 Å². The molecule has 0 spiro atoms. The first-order valence-corrected chi connectivity index (χ1v) is 7.42. The molecule has 3 rings (SSSR count). The summed E-state index contributed by atoms with van der Waals surface area (Å²) in [7, 11) is 0. The molecule has 1 atom stereocenters. The van der Waals surface area contributed by atoms with Gasteiger partial charge >= 0.3 is 0 Å². The third-order valence-corrected chi connectivity index (χ3v) is 4.09. The Kier molecular flexibility index (Phi) is 4.67. The standard InChI is InChI=1S/C14H23N3O3/c18-13(11-17-5-1-4-15-17)10-16-6-2-12(3-7-16)14-19-8-9-20-14/h1,4-5,12-14,18H,2-3,6-11H2. The Morgan fingerprint density at radius 1 is 1.20 bits per heavy atom. The van der Waals surface area contributed by atoms with Crippen LogP contribution in [-0.2, 0) is 16.0 Å². The van der Waals surface area contributed by atoms with Crippen molar-refractivity contribution in [2.75, 3.05) is 32.8 Å². The summed E-state index contributed by atoms with van der Waals surface area (Å²) in [6.07, 6.45) is 5.42.